The number of halogens is 2. The van der Waals surface area contributed by atoms with Gasteiger partial charge in [-0.05, 0) is 29.2 Å². The smallest absolute Gasteiger partial charge is 0.272 e. The summed E-state index contributed by atoms with van der Waals surface area (Å²) in [7, 11) is 0. The van der Waals surface area contributed by atoms with Crippen molar-refractivity contribution in [2.75, 3.05) is 0 Å². The molecular weight excluding hydrogens is 229 g/mol. The lowest BCUT2D eigenvalue weighted by molar-refractivity contribution is 0.107. The van der Waals surface area contributed by atoms with Gasteiger partial charge in [-0.3, -0.25) is 4.79 Å². The van der Waals surface area contributed by atoms with Crippen LogP contribution in [0.1, 0.15) is 10.5 Å². The maximum Gasteiger partial charge on any atom is 0.272 e. The molecule has 2 nitrogen and oxygen atoms in total. The normalized spacial score (nSPS) is 10.6. The van der Waals surface area contributed by atoms with Gasteiger partial charge in [0.1, 0.15) is 5.69 Å². The Morgan fingerprint density at radius 1 is 1.46 bits per heavy atom. The number of benzene rings is 1. The van der Waals surface area contributed by atoms with Crippen LogP contribution in [0.3, 0.4) is 0 Å². The summed E-state index contributed by atoms with van der Waals surface area (Å²) >= 11 is 12.4. The molecule has 2 aromatic rings. The minimum atomic E-state index is -0.548. The average Bonchev–Trinajstić information content (AvgIpc) is 2.48. The summed E-state index contributed by atoms with van der Waals surface area (Å²) in [5, 5.41) is 0.769. The maximum absolute atomic E-state index is 10.9. The van der Waals surface area contributed by atoms with E-state index in [9.17, 15) is 4.79 Å². The molecular formula is C8H3Cl2NOS. The Balaban J connectivity index is 2.83. The Morgan fingerprint density at radius 2 is 2.23 bits per heavy atom. The van der Waals surface area contributed by atoms with Gasteiger partial charge in [0.05, 0.1) is 9.72 Å². The van der Waals surface area contributed by atoms with Crippen molar-refractivity contribution in [1.82, 2.24) is 4.37 Å². The van der Waals surface area contributed by atoms with E-state index in [1.54, 1.807) is 18.2 Å². The molecule has 0 fully saturated rings. The molecule has 1 aromatic carbocycles. The van der Waals surface area contributed by atoms with E-state index in [-0.39, 0.29) is 5.69 Å². The minimum absolute atomic E-state index is 0.282. The van der Waals surface area contributed by atoms with Gasteiger partial charge in [0.2, 0.25) is 0 Å². The average molecular weight is 232 g/mol. The van der Waals surface area contributed by atoms with Crippen molar-refractivity contribution < 1.29 is 4.79 Å². The molecule has 0 radical (unpaired) electrons. The molecule has 0 spiro atoms. The zero-order chi connectivity index (χ0) is 9.42. The van der Waals surface area contributed by atoms with Crippen LogP contribution in [-0.4, -0.2) is 9.62 Å². The van der Waals surface area contributed by atoms with Gasteiger partial charge in [-0.15, -0.1) is 0 Å². The number of aromatic nitrogens is 1. The molecule has 13 heavy (non-hydrogen) atoms. The van der Waals surface area contributed by atoms with Gasteiger partial charge in [0, 0.05) is 5.39 Å². The van der Waals surface area contributed by atoms with Crippen molar-refractivity contribution in [3.63, 3.8) is 0 Å². The van der Waals surface area contributed by atoms with Gasteiger partial charge in [0.15, 0.2) is 0 Å². The number of nitrogens with zero attached hydrogens (tertiary/aromatic N) is 1. The second kappa shape index (κ2) is 3.25. The highest BCUT2D eigenvalue weighted by Crippen LogP contribution is 2.29. The third-order valence-corrected chi connectivity index (χ3v) is 3.14. The standard InChI is InChI=1S/C8H3Cl2NOS/c9-5-3-1-2-4-6(8(10)12)11-13-7(4)5/h1-3H. The molecule has 0 atom stereocenters. The SMILES string of the molecule is O=C(Cl)c1nsc2c(Cl)cccc12. The fraction of sp³-hybridized carbons (Fsp3) is 0. The molecule has 0 aliphatic heterocycles. The number of carbonyl (C=O) groups is 1. The lowest BCUT2D eigenvalue weighted by Crippen LogP contribution is -1.87. The predicted molar refractivity (Wildman–Crippen MR) is 54.8 cm³/mol. The maximum atomic E-state index is 10.9. The molecule has 0 N–H and O–H groups in total. The first-order valence-corrected chi connectivity index (χ1v) is 4.97. The van der Waals surface area contributed by atoms with E-state index >= 15 is 0 Å². The zero-order valence-corrected chi connectivity index (χ0v) is 8.58. The second-order valence-corrected chi connectivity index (χ2v) is 3.95. The van der Waals surface area contributed by atoms with Crippen LogP contribution in [0.15, 0.2) is 18.2 Å². The van der Waals surface area contributed by atoms with Crippen LogP contribution >= 0.6 is 34.7 Å². The summed E-state index contributed by atoms with van der Waals surface area (Å²) in [6, 6.07) is 5.30. The van der Waals surface area contributed by atoms with Crippen LogP contribution in [0.2, 0.25) is 5.02 Å². The fourth-order valence-corrected chi connectivity index (χ4v) is 2.32. The van der Waals surface area contributed by atoms with Crippen LogP contribution in [-0.2, 0) is 0 Å². The van der Waals surface area contributed by atoms with E-state index < -0.39 is 5.24 Å². The highest BCUT2D eigenvalue weighted by molar-refractivity contribution is 7.14. The summed E-state index contributed by atoms with van der Waals surface area (Å²) in [5.74, 6) is 0. The summed E-state index contributed by atoms with van der Waals surface area (Å²) in [6.07, 6.45) is 0. The van der Waals surface area contributed by atoms with Crippen molar-refractivity contribution in [3.05, 3.63) is 28.9 Å². The number of hydrogen-bond donors (Lipinski definition) is 0. The van der Waals surface area contributed by atoms with E-state index in [1.165, 1.54) is 11.5 Å². The molecule has 0 bridgehead atoms. The van der Waals surface area contributed by atoms with E-state index in [2.05, 4.69) is 4.37 Å². The van der Waals surface area contributed by atoms with E-state index in [0.717, 1.165) is 10.1 Å². The fourth-order valence-electron chi connectivity index (χ4n) is 1.07. The predicted octanol–water partition coefficient (Wildman–Crippen LogP) is 3.33. The van der Waals surface area contributed by atoms with E-state index in [4.69, 9.17) is 23.2 Å². The Hall–Kier alpha value is -0.640. The second-order valence-electron chi connectivity index (χ2n) is 2.42. The van der Waals surface area contributed by atoms with Crippen molar-refractivity contribution in [1.29, 1.82) is 0 Å². The third-order valence-electron chi connectivity index (χ3n) is 1.64. The number of rotatable bonds is 1. The number of hydrogen-bond acceptors (Lipinski definition) is 3. The molecule has 0 aliphatic carbocycles. The topological polar surface area (TPSA) is 30.0 Å². The first-order chi connectivity index (χ1) is 6.20. The van der Waals surface area contributed by atoms with E-state index in [0.29, 0.717) is 5.02 Å². The van der Waals surface area contributed by atoms with Crippen molar-refractivity contribution in [2.24, 2.45) is 0 Å². The minimum Gasteiger partial charge on any atom is -0.274 e. The first kappa shape index (κ1) is 8.94. The van der Waals surface area contributed by atoms with Crippen molar-refractivity contribution in [3.8, 4) is 0 Å². The summed E-state index contributed by atoms with van der Waals surface area (Å²) < 4.78 is 4.73. The monoisotopic (exact) mass is 231 g/mol. The largest absolute Gasteiger partial charge is 0.274 e. The molecule has 0 unspecified atom stereocenters. The van der Waals surface area contributed by atoms with Gasteiger partial charge in [0.25, 0.3) is 5.24 Å². The highest BCUT2D eigenvalue weighted by atomic mass is 35.5. The molecule has 66 valence electrons. The molecule has 0 saturated heterocycles. The molecule has 1 heterocycles. The van der Waals surface area contributed by atoms with Crippen LogP contribution in [0.4, 0.5) is 0 Å². The zero-order valence-electron chi connectivity index (χ0n) is 6.25. The number of carbonyl (C=O) groups excluding carboxylic acids is 1. The Morgan fingerprint density at radius 3 is 2.92 bits per heavy atom. The number of fused-ring (bicyclic) bond motifs is 1. The van der Waals surface area contributed by atoms with Gasteiger partial charge in [-0.25, -0.2) is 0 Å². The van der Waals surface area contributed by atoms with Gasteiger partial charge in [-0.1, -0.05) is 23.7 Å². The van der Waals surface area contributed by atoms with E-state index in [1.807, 2.05) is 0 Å². The summed E-state index contributed by atoms with van der Waals surface area (Å²) in [6.45, 7) is 0. The summed E-state index contributed by atoms with van der Waals surface area (Å²) in [4.78, 5) is 10.9. The first-order valence-electron chi connectivity index (χ1n) is 3.44. The van der Waals surface area contributed by atoms with Crippen molar-refractivity contribution >= 4 is 50.1 Å². The molecule has 5 heteroatoms. The quantitative estimate of drug-likeness (QED) is 0.706. The van der Waals surface area contributed by atoms with Crippen LogP contribution in [0, 0.1) is 0 Å². The lowest BCUT2D eigenvalue weighted by atomic mass is 10.2. The molecule has 2 rings (SSSR count). The Kier molecular flexibility index (Phi) is 2.24. The van der Waals surface area contributed by atoms with Crippen LogP contribution in [0.5, 0.6) is 0 Å². The Labute approximate surface area is 88.2 Å². The van der Waals surface area contributed by atoms with Gasteiger partial charge in [-0.2, -0.15) is 4.37 Å². The van der Waals surface area contributed by atoms with Crippen LogP contribution in [0.25, 0.3) is 10.1 Å². The third kappa shape index (κ3) is 1.43. The molecule has 0 aliphatic rings. The Bertz CT molecular complexity index is 480. The van der Waals surface area contributed by atoms with Gasteiger partial charge < -0.3 is 0 Å². The lowest BCUT2D eigenvalue weighted by Gasteiger charge is -1.91. The molecule has 0 amide bonds. The van der Waals surface area contributed by atoms with Crippen molar-refractivity contribution in [2.45, 2.75) is 0 Å². The highest BCUT2D eigenvalue weighted by Gasteiger charge is 2.12. The molecule has 0 saturated carbocycles. The van der Waals surface area contributed by atoms with Gasteiger partial charge >= 0.3 is 0 Å². The summed E-state index contributed by atoms with van der Waals surface area (Å²) in [5.41, 5.74) is 0.282. The molecule has 1 aromatic heterocycles. The van der Waals surface area contributed by atoms with Crippen LogP contribution < -0.4 is 0 Å².